The van der Waals surface area contributed by atoms with Crippen LogP contribution in [0.25, 0.3) is 0 Å². The lowest BCUT2D eigenvalue weighted by Gasteiger charge is -2.06. The third-order valence-electron chi connectivity index (χ3n) is 2.68. The molecule has 0 radical (unpaired) electrons. The predicted molar refractivity (Wildman–Crippen MR) is 75.8 cm³/mol. The monoisotopic (exact) mass is 271 g/mol. The Hall–Kier alpha value is -2.43. The number of hydrogen-bond donors (Lipinski definition) is 1. The molecule has 5 heteroatoms. The number of benzene rings is 1. The van der Waals surface area contributed by atoms with Crippen molar-refractivity contribution in [1.82, 2.24) is 15.3 Å². The molecule has 0 atom stereocenters. The first kappa shape index (κ1) is 14.0. The van der Waals surface area contributed by atoms with Gasteiger partial charge >= 0.3 is 6.01 Å². The van der Waals surface area contributed by atoms with Crippen molar-refractivity contribution in [2.75, 3.05) is 6.54 Å². The van der Waals surface area contributed by atoms with Crippen LogP contribution in [0.15, 0.2) is 42.7 Å². The van der Waals surface area contributed by atoms with Crippen molar-refractivity contribution in [1.29, 1.82) is 0 Å². The Labute approximate surface area is 118 Å². The maximum Gasteiger partial charge on any atom is 0.321 e. The smallest absolute Gasteiger partial charge is 0.321 e. The highest BCUT2D eigenvalue weighted by Gasteiger charge is 2.05. The summed E-state index contributed by atoms with van der Waals surface area (Å²) < 4.78 is 5.46. The van der Waals surface area contributed by atoms with Crippen LogP contribution in [0.3, 0.4) is 0 Å². The van der Waals surface area contributed by atoms with E-state index in [-0.39, 0.29) is 11.9 Å². The van der Waals surface area contributed by atoms with E-state index in [2.05, 4.69) is 22.2 Å². The van der Waals surface area contributed by atoms with Crippen molar-refractivity contribution in [3.63, 3.8) is 0 Å². The normalized spacial score (nSPS) is 10.1. The average Bonchev–Trinajstić information content (AvgIpc) is 2.49. The van der Waals surface area contributed by atoms with Gasteiger partial charge in [0, 0.05) is 24.5 Å². The quantitative estimate of drug-likeness (QED) is 0.820. The molecule has 1 aromatic carbocycles. The van der Waals surface area contributed by atoms with Gasteiger partial charge in [0.15, 0.2) is 0 Å². The van der Waals surface area contributed by atoms with Crippen LogP contribution in [-0.2, 0) is 0 Å². The second-order valence-electron chi connectivity index (χ2n) is 4.27. The number of ether oxygens (including phenoxy) is 1. The van der Waals surface area contributed by atoms with Gasteiger partial charge in [0.1, 0.15) is 5.75 Å². The Morgan fingerprint density at radius 2 is 1.90 bits per heavy atom. The molecule has 5 nitrogen and oxygen atoms in total. The number of aromatic nitrogens is 2. The zero-order chi connectivity index (χ0) is 14.2. The summed E-state index contributed by atoms with van der Waals surface area (Å²) in [6, 6.07) is 8.90. The van der Waals surface area contributed by atoms with Crippen LogP contribution < -0.4 is 10.1 Å². The van der Waals surface area contributed by atoms with E-state index in [9.17, 15) is 4.79 Å². The molecule has 1 N–H and O–H groups in total. The molecule has 20 heavy (non-hydrogen) atoms. The van der Waals surface area contributed by atoms with E-state index in [1.54, 1.807) is 42.7 Å². The summed E-state index contributed by atoms with van der Waals surface area (Å²) >= 11 is 0. The van der Waals surface area contributed by atoms with E-state index in [1.807, 2.05) is 0 Å². The summed E-state index contributed by atoms with van der Waals surface area (Å²) in [6.07, 6.45) is 5.26. The second-order valence-corrected chi connectivity index (χ2v) is 4.27. The molecule has 1 amide bonds. The largest absolute Gasteiger partial charge is 0.424 e. The third kappa shape index (κ3) is 4.05. The maximum absolute atomic E-state index is 11.8. The highest BCUT2D eigenvalue weighted by Crippen LogP contribution is 2.17. The van der Waals surface area contributed by atoms with Crippen molar-refractivity contribution < 1.29 is 9.53 Å². The number of carbonyl (C=O) groups is 1. The van der Waals surface area contributed by atoms with Gasteiger partial charge in [-0.1, -0.05) is 13.3 Å². The van der Waals surface area contributed by atoms with Crippen LogP contribution >= 0.6 is 0 Å². The minimum Gasteiger partial charge on any atom is -0.424 e. The number of rotatable bonds is 6. The highest BCUT2D eigenvalue weighted by molar-refractivity contribution is 5.94. The van der Waals surface area contributed by atoms with Gasteiger partial charge in [-0.3, -0.25) is 4.79 Å². The van der Waals surface area contributed by atoms with E-state index in [1.165, 1.54) is 0 Å². The topological polar surface area (TPSA) is 64.1 Å². The number of amides is 1. The highest BCUT2D eigenvalue weighted by atomic mass is 16.5. The SMILES string of the molecule is CCCCNC(=O)c1ccc(Oc2ncccn2)cc1. The van der Waals surface area contributed by atoms with E-state index in [0.29, 0.717) is 17.9 Å². The fourth-order valence-corrected chi connectivity index (χ4v) is 1.60. The summed E-state index contributed by atoms with van der Waals surface area (Å²) in [5.41, 5.74) is 0.613. The first-order chi connectivity index (χ1) is 9.79. The summed E-state index contributed by atoms with van der Waals surface area (Å²) in [6.45, 7) is 2.79. The molecular formula is C15H17N3O2. The predicted octanol–water partition coefficient (Wildman–Crippen LogP) is 2.80. The minimum atomic E-state index is -0.0686. The molecule has 104 valence electrons. The lowest BCUT2D eigenvalue weighted by atomic mass is 10.2. The number of carbonyl (C=O) groups excluding carboxylic acids is 1. The van der Waals surface area contributed by atoms with Crippen LogP contribution in [0, 0.1) is 0 Å². The molecule has 0 aliphatic rings. The van der Waals surface area contributed by atoms with Gasteiger partial charge in [-0.05, 0) is 36.8 Å². The summed E-state index contributed by atoms with van der Waals surface area (Å²) in [7, 11) is 0. The Bertz CT molecular complexity index is 541. The molecule has 0 fully saturated rings. The van der Waals surface area contributed by atoms with Crippen LogP contribution in [0.5, 0.6) is 11.8 Å². The van der Waals surface area contributed by atoms with Gasteiger partial charge in [0.05, 0.1) is 0 Å². The van der Waals surface area contributed by atoms with Gasteiger partial charge < -0.3 is 10.1 Å². The third-order valence-corrected chi connectivity index (χ3v) is 2.68. The van der Waals surface area contributed by atoms with E-state index >= 15 is 0 Å². The molecule has 1 aromatic heterocycles. The van der Waals surface area contributed by atoms with Crippen molar-refractivity contribution in [2.24, 2.45) is 0 Å². The molecule has 0 saturated heterocycles. The number of nitrogens with zero attached hydrogens (tertiary/aromatic N) is 2. The van der Waals surface area contributed by atoms with Gasteiger partial charge in [-0.15, -0.1) is 0 Å². The maximum atomic E-state index is 11.8. The Kier molecular flexibility index (Phi) is 5.06. The zero-order valence-electron chi connectivity index (χ0n) is 11.4. The number of nitrogens with one attached hydrogen (secondary N) is 1. The molecule has 2 aromatic rings. The molecule has 0 aliphatic carbocycles. The van der Waals surface area contributed by atoms with Crippen molar-refractivity contribution in [2.45, 2.75) is 19.8 Å². The van der Waals surface area contributed by atoms with Gasteiger partial charge in [-0.25, -0.2) is 9.97 Å². The summed E-state index contributed by atoms with van der Waals surface area (Å²) in [5, 5.41) is 2.86. The first-order valence-electron chi connectivity index (χ1n) is 6.62. The summed E-state index contributed by atoms with van der Waals surface area (Å²) in [5.74, 6) is 0.530. The lowest BCUT2D eigenvalue weighted by Crippen LogP contribution is -2.24. The molecule has 2 rings (SSSR count). The van der Waals surface area contributed by atoms with Crippen LogP contribution in [0.4, 0.5) is 0 Å². The lowest BCUT2D eigenvalue weighted by molar-refractivity contribution is 0.0953. The van der Waals surface area contributed by atoms with E-state index < -0.39 is 0 Å². The fraction of sp³-hybridized carbons (Fsp3) is 0.267. The zero-order valence-corrected chi connectivity index (χ0v) is 11.4. The van der Waals surface area contributed by atoms with Crippen molar-refractivity contribution in [3.05, 3.63) is 48.3 Å². The molecule has 0 saturated carbocycles. The Balaban J connectivity index is 1.94. The Morgan fingerprint density at radius 1 is 1.20 bits per heavy atom. The second kappa shape index (κ2) is 7.23. The van der Waals surface area contributed by atoms with Crippen LogP contribution in [0.2, 0.25) is 0 Å². The van der Waals surface area contributed by atoms with Crippen molar-refractivity contribution in [3.8, 4) is 11.8 Å². The molecule has 1 heterocycles. The first-order valence-corrected chi connectivity index (χ1v) is 6.62. The molecule has 0 unspecified atom stereocenters. The standard InChI is InChI=1S/C15H17N3O2/c1-2-3-9-16-14(19)12-5-7-13(8-6-12)20-15-17-10-4-11-18-15/h4-8,10-11H,2-3,9H2,1H3,(H,16,19). The number of hydrogen-bond acceptors (Lipinski definition) is 4. The summed E-state index contributed by atoms with van der Waals surface area (Å²) in [4.78, 5) is 19.8. The molecule has 0 spiro atoms. The average molecular weight is 271 g/mol. The fourth-order valence-electron chi connectivity index (χ4n) is 1.60. The molecular weight excluding hydrogens is 254 g/mol. The number of unbranched alkanes of at least 4 members (excludes halogenated alkanes) is 1. The van der Waals surface area contributed by atoms with Gasteiger partial charge in [0.25, 0.3) is 5.91 Å². The van der Waals surface area contributed by atoms with Gasteiger partial charge in [0.2, 0.25) is 0 Å². The van der Waals surface area contributed by atoms with E-state index in [0.717, 1.165) is 12.8 Å². The van der Waals surface area contributed by atoms with Crippen LogP contribution in [0.1, 0.15) is 30.1 Å². The van der Waals surface area contributed by atoms with Crippen molar-refractivity contribution >= 4 is 5.91 Å². The minimum absolute atomic E-state index is 0.0686. The molecule has 0 bridgehead atoms. The van der Waals surface area contributed by atoms with E-state index in [4.69, 9.17) is 4.74 Å². The molecule has 0 aliphatic heterocycles. The Morgan fingerprint density at radius 3 is 2.55 bits per heavy atom. The van der Waals surface area contributed by atoms with Crippen LogP contribution in [-0.4, -0.2) is 22.4 Å². The van der Waals surface area contributed by atoms with Gasteiger partial charge in [-0.2, -0.15) is 0 Å².